The van der Waals surface area contributed by atoms with E-state index in [4.69, 9.17) is 4.74 Å². The molecule has 92 valence electrons. The molecule has 17 heavy (non-hydrogen) atoms. The molecule has 4 nitrogen and oxygen atoms in total. The fraction of sp³-hybridized carbons (Fsp3) is 0.833. The molecular formula is C12H20NNaO3. The Morgan fingerprint density at radius 1 is 1.35 bits per heavy atom. The smallest absolute Gasteiger partial charge is 0.541 e. The number of rotatable bonds is 3. The number of nitrogens with zero attached hydrogens (tertiary/aromatic N) is 1. The Hall–Kier alpha value is 0.1000. The van der Waals surface area contributed by atoms with Crippen molar-refractivity contribution >= 4 is 12.3 Å². The van der Waals surface area contributed by atoms with Gasteiger partial charge in [0.2, 0.25) is 0 Å². The molecule has 0 unspecified atom stereocenters. The van der Waals surface area contributed by atoms with Crippen LogP contribution in [0.3, 0.4) is 0 Å². The summed E-state index contributed by atoms with van der Waals surface area (Å²) in [7, 11) is 0. The summed E-state index contributed by atoms with van der Waals surface area (Å²) in [5, 5.41) is 0. The molecule has 0 aromatic rings. The molecule has 1 rings (SSSR count). The minimum Gasteiger partial charge on any atom is -0.541 e. The van der Waals surface area contributed by atoms with Crippen LogP contribution in [0.15, 0.2) is 0 Å². The summed E-state index contributed by atoms with van der Waals surface area (Å²) in [5.41, 5.74) is -0.412. The van der Waals surface area contributed by atoms with E-state index in [1.807, 2.05) is 32.0 Å². The van der Waals surface area contributed by atoms with Gasteiger partial charge in [0.1, 0.15) is 5.60 Å². The number of ether oxygens (including phenoxy) is 1. The van der Waals surface area contributed by atoms with Crippen molar-refractivity contribution in [3.8, 4) is 0 Å². The predicted octanol–water partition coefficient (Wildman–Crippen LogP) is -1.85. The van der Waals surface area contributed by atoms with Crippen molar-refractivity contribution in [2.24, 2.45) is 5.92 Å². The molecule has 0 radical (unpaired) electrons. The Balaban J connectivity index is 0.00000256. The summed E-state index contributed by atoms with van der Waals surface area (Å²) in [6.45, 7) is 7.53. The third-order valence-electron chi connectivity index (χ3n) is 2.62. The van der Waals surface area contributed by atoms with Gasteiger partial charge in [-0.05, 0) is 46.7 Å². The Morgan fingerprint density at radius 2 is 1.88 bits per heavy atom. The van der Waals surface area contributed by atoms with Crippen LogP contribution in [0.4, 0.5) is 0 Å². The summed E-state index contributed by atoms with van der Waals surface area (Å²) in [4.78, 5) is 24.0. The van der Waals surface area contributed by atoms with Crippen LogP contribution in [0, 0.1) is 5.92 Å². The zero-order chi connectivity index (χ0) is 12.2. The number of hydrogen-bond acceptors (Lipinski definition) is 4. The average Bonchev–Trinajstić information content (AvgIpc) is 2.16. The zero-order valence-electron chi connectivity index (χ0n) is 11.3. The van der Waals surface area contributed by atoms with Gasteiger partial charge in [-0.25, -0.2) is 6.29 Å². The standard InChI is InChI=1S/C12H20NO3.Na/c1-12(2,3)16-11(15)10-4-6-13(7-5-10)8-9-14;/h10H,4-8H2,1-3H3;/q-1;+1. The van der Waals surface area contributed by atoms with E-state index in [-0.39, 0.29) is 41.4 Å². The first-order valence-corrected chi connectivity index (χ1v) is 5.72. The van der Waals surface area contributed by atoms with Crippen molar-refractivity contribution < 1.29 is 43.9 Å². The normalized spacial score (nSPS) is 18.3. The average molecular weight is 249 g/mol. The van der Waals surface area contributed by atoms with Crippen molar-refractivity contribution in [3.05, 3.63) is 0 Å². The van der Waals surface area contributed by atoms with E-state index in [2.05, 4.69) is 0 Å². The monoisotopic (exact) mass is 249 g/mol. The van der Waals surface area contributed by atoms with Crippen LogP contribution in [0.1, 0.15) is 33.6 Å². The molecular weight excluding hydrogens is 229 g/mol. The van der Waals surface area contributed by atoms with Gasteiger partial charge < -0.3 is 14.4 Å². The van der Waals surface area contributed by atoms with Crippen molar-refractivity contribution in [2.75, 3.05) is 19.6 Å². The number of carbonyl (C=O) groups is 1. The number of esters is 1. The topological polar surface area (TPSA) is 46.6 Å². The molecule has 5 heteroatoms. The molecule has 0 atom stereocenters. The van der Waals surface area contributed by atoms with Gasteiger partial charge in [-0.2, -0.15) is 0 Å². The molecule has 1 fully saturated rings. The molecule has 1 aliphatic heterocycles. The first kappa shape index (κ1) is 17.1. The number of likely N-dealkylation sites (tertiary alicyclic amines) is 1. The van der Waals surface area contributed by atoms with Crippen LogP contribution in [-0.4, -0.2) is 42.4 Å². The molecule has 1 saturated heterocycles. The van der Waals surface area contributed by atoms with Gasteiger partial charge in [0.05, 0.1) is 5.92 Å². The van der Waals surface area contributed by atoms with E-state index in [1.165, 1.54) is 0 Å². The van der Waals surface area contributed by atoms with Crippen LogP contribution in [0.5, 0.6) is 0 Å². The molecule has 0 bridgehead atoms. The van der Waals surface area contributed by atoms with Gasteiger partial charge >= 0.3 is 35.5 Å². The third kappa shape index (κ3) is 6.55. The van der Waals surface area contributed by atoms with Crippen molar-refractivity contribution in [2.45, 2.75) is 39.2 Å². The quantitative estimate of drug-likeness (QED) is 0.335. The molecule has 0 N–H and O–H groups in total. The molecule has 0 aliphatic carbocycles. The van der Waals surface area contributed by atoms with Crippen molar-refractivity contribution in [3.63, 3.8) is 0 Å². The zero-order valence-corrected chi connectivity index (χ0v) is 13.3. The van der Waals surface area contributed by atoms with E-state index in [9.17, 15) is 9.59 Å². The molecule has 0 saturated carbocycles. The Bertz CT molecular complexity index is 255. The van der Waals surface area contributed by atoms with Gasteiger partial charge in [-0.1, -0.05) is 6.54 Å². The summed E-state index contributed by atoms with van der Waals surface area (Å²) >= 11 is 0. The minimum absolute atomic E-state index is 0. The predicted molar refractivity (Wildman–Crippen MR) is 60.7 cm³/mol. The maximum absolute atomic E-state index is 11.8. The molecule has 0 spiro atoms. The molecule has 1 aliphatic rings. The van der Waals surface area contributed by atoms with Gasteiger partial charge in [-0.3, -0.25) is 4.79 Å². The Kier molecular flexibility index (Phi) is 7.56. The second-order valence-electron chi connectivity index (χ2n) is 5.23. The van der Waals surface area contributed by atoms with Crippen LogP contribution in [-0.2, 0) is 14.3 Å². The second kappa shape index (κ2) is 7.52. The van der Waals surface area contributed by atoms with E-state index in [1.54, 1.807) is 0 Å². The summed E-state index contributed by atoms with van der Waals surface area (Å²) in [6, 6.07) is 0. The van der Waals surface area contributed by atoms with Crippen LogP contribution in [0.25, 0.3) is 0 Å². The van der Waals surface area contributed by atoms with Crippen LogP contribution >= 0.6 is 0 Å². The summed E-state index contributed by atoms with van der Waals surface area (Å²) < 4.78 is 5.34. The fourth-order valence-electron chi connectivity index (χ4n) is 1.80. The first-order chi connectivity index (χ1) is 7.42. The van der Waals surface area contributed by atoms with E-state index in [0.29, 0.717) is 6.54 Å². The minimum atomic E-state index is -0.412. The summed E-state index contributed by atoms with van der Waals surface area (Å²) in [6.07, 6.45) is 3.43. The fourth-order valence-corrected chi connectivity index (χ4v) is 1.80. The third-order valence-corrected chi connectivity index (χ3v) is 2.62. The maximum Gasteiger partial charge on any atom is 1.00 e. The summed E-state index contributed by atoms with van der Waals surface area (Å²) in [5.74, 6) is -0.121. The SMILES string of the molecule is CC(C)(C)OC(=O)C1CCN(C[C-]=O)CC1.[Na+]. The van der Waals surface area contributed by atoms with E-state index >= 15 is 0 Å². The van der Waals surface area contributed by atoms with Crippen LogP contribution in [0.2, 0.25) is 0 Å². The first-order valence-electron chi connectivity index (χ1n) is 5.72. The number of carbonyl (C=O) groups excluding carboxylic acids is 2. The van der Waals surface area contributed by atoms with Crippen molar-refractivity contribution in [1.82, 2.24) is 4.90 Å². The molecule has 0 aromatic heterocycles. The maximum atomic E-state index is 11.8. The van der Waals surface area contributed by atoms with E-state index in [0.717, 1.165) is 25.9 Å². The van der Waals surface area contributed by atoms with Crippen LogP contribution < -0.4 is 29.6 Å². The molecule has 0 amide bonds. The van der Waals surface area contributed by atoms with Gasteiger partial charge in [-0.15, -0.1) is 0 Å². The number of piperidine rings is 1. The largest absolute Gasteiger partial charge is 1.00 e. The number of hydrogen-bond donors (Lipinski definition) is 0. The molecule has 0 aromatic carbocycles. The van der Waals surface area contributed by atoms with Crippen molar-refractivity contribution in [1.29, 1.82) is 0 Å². The molecule has 1 heterocycles. The van der Waals surface area contributed by atoms with Gasteiger partial charge in [0.25, 0.3) is 0 Å². The second-order valence-corrected chi connectivity index (χ2v) is 5.23. The van der Waals surface area contributed by atoms with Gasteiger partial charge in [0.15, 0.2) is 0 Å². The Labute approximate surface area is 125 Å². The van der Waals surface area contributed by atoms with Gasteiger partial charge in [0, 0.05) is 0 Å². The Morgan fingerprint density at radius 3 is 2.29 bits per heavy atom. The van der Waals surface area contributed by atoms with E-state index < -0.39 is 5.60 Å².